The highest BCUT2D eigenvalue weighted by molar-refractivity contribution is 6.47. The maximum absolute atomic E-state index is 13.8. The molecule has 7 amide bonds. The number of hydrogen-bond acceptors (Lipinski definition) is 11. The number of nitrogens with two attached hydrogens (primary N) is 3. The Morgan fingerprint density at radius 3 is 1.87 bits per heavy atom. The first-order valence-corrected chi connectivity index (χ1v) is 25.3. The first-order chi connectivity index (χ1) is 33.3. The quantitative estimate of drug-likeness (QED) is 0.0442. The van der Waals surface area contributed by atoms with Gasteiger partial charge in [-0.05, 0) is 144 Å². The summed E-state index contributed by atoms with van der Waals surface area (Å²) in [6, 6.07) is 10.7. The first kappa shape index (κ1) is 55.6. The number of benzene rings is 2. The van der Waals surface area contributed by atoms with Crippen LogP contribution in [-0.4, -0.2) is 110 Å². The summed E-state index contributed by atoms with van der Waals surface area (Å²) in [6.07, 6.45) is 6.99. The van der Waals surface area contributed by atoms with E-state index in [9.17, 15) is 33.6 Å². The topological polar surface area (TPSA) is 288 Å². The molecule has 1 aliphatic heterocycles. The lowest BCUT2D eigenvalue weighted by atomic mass is 9.43. The number of nitrogens with one attached hydrogen (secondary N) is 6. The monoisotopic (exact) mass is 972 g/mol. The van der Waals surface area contributed by atoms with Gasteiger partial charge in [-0.25, -0.2) is 0 Å². The van der Waals surface area contributed by atoms with E-state index in [-0.39, 0.29) is 43.2 Å². The molecule has 6 rings (SSSR count). The lowest BCUT2D eigenvalue weighted by molar-refractivity contribution is -0.199. The molecule has 0 radical (unpaired) electrons. The van der Waals surface area contributed by atoms with Gasteiger partial charge in [0.05, 0.1) is 24.1 Å². The molecule has 1 heterocycles. The highest BCUT2D eigenvalue weighted by Crippen LogP contribution is 2.65. The number of hydrogen-bond donors (Lipinski definition) is 9. The zero-order valence-electron chi connectivity index (χ0n) is 42.0. The molecule has 2 bridgehead atoms. The van der Waals surface area contributed by atoms with Crippen LogP contribution in [0.5, 0.6) is 0 Å². The van der Waals surface area contributed by atoms with Crippen LogP contribution in [0.25, 0.3) is 11.1 Å². The summed E-state index contributed by atoms with van der Waals surface area (Å²) in [5, 5.41) is 16.2. The van der Waals surface area contributed by atoms with E-state index >= 15 is 0 Å². The Hall–Kier alpha value is -5.37. The minimum absolute atomic E-state index is 0.0212. The predicted molar refractivity (Wildman–Crippen MR) is 268 cm³/mol. The molecular weight excluding hydrogens is 893 g/mol. The van der Waals surface area contributed by atoms with E-state index in [1.807, 2.05) is 12.1 Å². The third-order valence-corrected chi connectivity index (χ3v) is 14.6. The van der Waals surface area contributed by atoms with Gasteiger partial charge in [0.15, 0.2) is 0 Å². The summed E-state index contributed by atoms with van der Waals surface area (Å²) >= 11 is 0. The fourth-order valence-electron chi connectivity index (χ4n) is 10.1. The second kappa shape index (κ2) is 25.7. The van der Waals surface area contributed by atoms with Crippen LogP contribution in [0.1, 0.15) is 135 Å². The number of carbonyl (C=O) groups is 7. The summed E-state index contributed by atoms with van der Waals surface area (Å²) in [7, 11) is -0.675. The van der Waals surface area contributed by atoms with Crippen molar-refractivity contribution in [2.24, 2.45) is 34.5 Å². The number of carbonyl (C=O) groups excluding carboxylic acids is 7. The third kappa shape index (κ3) is 14.6. The molecule has 18 nitrogen and oxygen atoms in total. The fourth-order valence-corrected chi connectivity index (χ4v) is 10.1. The second-order valence-electron chi connectivity index (χ2n) is 20.2. The predicted octanol–water partition coefficient (Wildman–Crippen LogP) is 2.68. The van der Waals surface area contributed by atoms with Gasteiger partial charge < -0.3 is 58.4 Å². The van der Waals surface area contributed by atoms with Gasteiger partial charge in [0.25, 0.3) is 5.91 Å². The van der Waals surface area contributed by atoms with Gasteiger partial charge in [-0.15, -0.1) is 0 Å². The number of aryl methyl sites for hydroxylation is 1. The van der Waals surface area contributed by atoms with Gasteiger partial charge in [0, 0.05) is 18.5 Å². The lowest BCUT2D eigenvalue weighted by Gasteiger charge is -2.64. The maximum Gasteiger partial charge on any atom is 0.481 e. The lowest BCUT2D eigenvalue weighted by Crippen LogP contribution is -2.65. The van der Waals surface area contributed by atoms with Gasteiger partial charge in [0.2, 0.25) is 35.4 Å². The van der Waals surface area contributed by atoms with Gasteiger partial charge in [-0.1, -0.05) is 63.6 Å². The number of rotatable bonds is 28. The molecule has 1 saturated heterocycles. The highest BCUT2D eigenvalue weighted by atomic mass is 16.7. The van der Waals surface area contributed by atoms with E-state index < -0.39 is 84.7 Å². The second-order valence-corrected chi connectivity index (χ2v) is 20.2. The number of amides is 7. The number of primary amides is 1. The smallest absolute Gasteiger partial charge is 0.404 e. The van der Waals surface area contributed by atoms with Crippen molar-refractivity contribution in [3.05, 3.63) is 59.7 Å². The zero-order valence-corrected chi connectivity index (χ0v) is 42.0. The Balaban J connectivity index is 1.12. The van der Waals surface area contributed by atoms with Crippen molar-refractivity contribution in [1.29, 1.82) is 0 Å². The van der Waals surface area contributed by atoms with Crippen molar-refractivity contribution < 1.29 is 42.9 Å². The highest BCUT2D eigenvalue weighted by Gasteiger charge is 2.68. The van der Waals surface area contributed by atoms with Crippen LogP contribution >= 0.6 is 0 Å². The molecule has 19 heteroatoms. The molecule has 0 aromatic heterocycles. The van der Waals surface area contributed by atoms with E-state index in [0.717, 1.165) is 43.2 Å². The van der Waals surface area contributed by atoms with Gasteiger partial charge in [-0.2, -0.15) is 0 Å². The molecule has 12 N–H and O–H groups in total. The summed E-state index contributed by atoms with van der Waals surface area (Å²) in [5.74, 6) is -4.25. The molecule has 384 valence electrons. The van der Waals surface area contributed by atoms with Gasteiger partial charge in [-0.3, -0.25) is 33.6 Å². The molecule has 70 heavy (non-hydrogen) atoms. The molecule has 2 aromatic rings. The maximum atomic E-state index is 13.8. The van der Waals surface area contributed by atoms with Crippen molar-refractivity contribution in [2.75, 3.05) is 19.6 Å². The molecule has 3 saturated carbocycles. The zero-order chi connectivity index (χ0) is 51.2. The van der Waals surface area contributed by atoms with E-state index in [1.54, 1.807) is 19.1 Å². The fraction of sp³-hybridized carbons (Fsp3) is 0.627. The van der Waals surface area contributed by atoms with Crippen LogP contribution in [0, 0.1) is 17.3 Å². The Kier molecular flexibility index (Phi) is 20.4. The Labute approximate surface area is 413 Å². The SMILES string of the molecule is CCCCc1ccc(-c2ccc(C(=O)NCCC(=O)N[C@@H](CCCCN)C(=O)NC(CC(N)=O)C(=O)N[C@@H](C)C(=O)N[C@@H](CCCCN)C(=O)N[C@@H](C)B3OC4C[C@@H]5C[C@@H](C5(C)C)[C@]4(C)O3)cc2)cc1. The summed E-state index contributed by atoms with van der Waals surface area (Å²) < 4.78 is 12.9. The molecule has 2 unspecified atom stereocenters. The summed E-state index contributed by atoms with van der Waals surface area (Å²) in [4.78, 5) is 92.9. The largest absolute Gasteiger partial charge is 0.481 e. The van der Waals surface area contributed by atoms with Crippen molar-refractivity contribution in [3.63, 3.8) is 0 Å². The molecule has 2 aromatic carbocycles. The Morgan fingerprint density at radius 2 is 1.29 bits per heavy atom. The van der Waals surface area contributed by atoms with Crippen molar-refractivity contribution >= 4 is 48.5 Å². The average molecular weight is 972 g/mol. The average Bonchev–Trinajstić information content (AvgIpc) is 3.70. The van der Waals surface area contributed by atoms with E-state index in [0.29, 0.717) is 56.2 Å². The molecular formula is C51H78BN9O9. The molecule has 9 atom stereocenters. The van der Waals surface area contributed by atoms with Crippen LogP contribution in [-0.2, 0) is 44.5 Å². The first-order valence-electron chi connectivity index (χ1n) is 25.3. The van der Waals surface area contributed by atoms with Crippen molar-refractivity contribution in [3.8, 4) is 11.1 Å². The molecule has 4 aliphatic rings. The summed E-state index contributed by atoms with van der Waals surface area (Å²) in [6.45, 7) is 12.7. The van der Waals surface area contributed by atoms with Crippen LogP contribution < -0.4 is 49.1 Å². The normalized spacial score (nSPS) is 21.9. The van der Waals surface area contributed by atoms with Crippen LogP contribution in [0.4, 0.5) is 0 Å². The van der Waals surface area contributed by atoms with Crippen LogP contribution in [0.15, 0.2) is 48.5 Å². The van der Waals surface area contributed by atoms with Gasteiger partial charge in [0.1, 0.15) is 24.2 Å². The van der Waals surface area contributed by atoms with Gasteiger partial charge >= 0.3 is 7.12 Å². The number of unbranched alkanes of at least 4 members (excludes halogenated alkanes) is 3. The molecule has 3 aliphatic carbocycles. The molecule has 0 spiro atoms. The van der Waals surface area contributed by atoms with E-state index in [2.05, 4.69) is 83.9 Å². The molecule has 4 fully saturated rings. The van der Waals surface area contributed by atoms with E-state index in [1.165, 1.54) is 12.5 Å². The van der Waals surface area contributed by atoms with E-state index in [4.69, 9.17) is 26.5 Å². The summed E-state index contributed by atoms with van der Waals surface area (Å²) in [5.41, 5.74) is 20.3. The van der Waals surface area contributed by atoms with Crippen molar-refractivity contribution in [2.45, 2.75) is 167 Å². The minimum Gasteiger partial charge on any atom is -0.404 e. The van der Waals surface area contributed by atoms with Crippen LogP contribution in [0.2, 0.25) is 0 Å². The Morgan fingerprint density at radius 1 is 0.714 bits per heavy atom. The third-order valence-electron chi connectivity index (χ3n) is 14.6. The minimum atomic E-state index is -1.51. The standard InChI is InChI=1S/C51H78BN9O9/c1-7-8-13-33-16-18-34(19-17-33)35-20-22-36(23-21-35)46(65)56-27-24-44(63)59-38(14-9-11-25-53)48(67)61-40(30-43(55)62)49(68)57-31(2)45(64)60-39(15-10-12-26-54)47(66)58-32(3)52-69-42-29-37-28-41(50(37,4)5)51(42,6)70-52/h16-23,31-32,37-42H,7-15,24-30,53-54H2,1-6H3,(H2,55,62)(H,56,65)(H,57,68)(H,58,66)(H,59,63)(H,60,64)(H,61,67)/t31-,32-,37-,38-,39-,40?,41-,42?,51-/m0/s1. The van der Waals surface area contributed by atoms with Crippen molar-refractivity contribution in [1.82, 2.24) is 31.9 Å². The van der Waals surface area contributed by atoms with Crippen LogP contribution in [0.3, 0.4) is 0 Å². The Bertz CT molecular complexity index is 2130.